The van der Waals surface area contributed by atoms with Gasteiger partial charge in [0, 0.05) is 36.6 Å². The van der Waals surface area contributed by atoms with Crippen LogP contribution >= 0.6 is 11.8 Å². The minimum Gasteiger partial charge on any atom is -0.506 e. The molecule has 0 unspecified atom stereocenters. The van der Waals surface area contributed by atoms with Crippen molar-refractivity contribution in [1.82, 2.24) is 25.8 Å². The molecule has 67 heavy (non-hydrogen) atoms. The number of nitrogens with zero attached hydrogens (tertiary/aromatic N) is 3. The number of aliphatic imine (C=N–C) groups is 1. The number of phenolic OH excluding ortho intramolecular Hbond substituents is 1. The number of rotatable bonds is 28. The Kier molecular flexibility index (Phi) is 23.5. The molecule has 3 aromatic rings. The number of aliphatic hydroxyl groups excluding tert-OH is 1. The lowest BCUT2D eigenvalue weighted by Gasteiger charge is -2.14. The Morgan fingerprint density at radius 3 is 1.85 bits per heavy atom. The summed E-state index contributed by atoms with van der Waals surface area (Å²) < 4.78 is 27.6. The van der Waals surface area contributed by atoms with Gasteiger partial charge in [0.25, 0.3) is 5.91 Å². The molecule has 0 fully saturated rings. The second kappa shape index (κ2) is 29.5. The van der Waals surface area contributed by atoms with Crippen LogP contribution in [0.3, 0.4) is 0 Å². The number of thioether (sulfide) groups is 1. The van der Waals surface area contributed by atoms with E-state index in [1.54, 1.807) is 43.3 Å². The number of aromatic hydroxyl groups is 1. The minimum atomic E-state index is -0.680. The summed E-state index contributed by atoms with van der Waals surface area (Å²) in [6.45, 7) is 6.43. The van der Waals surface area contributed by atoms with Crippen LogP contribution in [0.25, 0.3) is 6.08 Å². The van der Waals surface area contributed by atoms with Crippen LogP contribution in [0.15, 0.2) is 88.0 Å². The third-order valence-corrected chi connectivity index (χ3v) is 10.3. The Morgan fingerprint density at radius 2 is 1.28 bits per heavy atom. The number of benzene rings is 3. The van der Waals surface area contributed by atoms with Crippen molar-refractivity contribution in [2.75, 3.05) is 124 Å². The molecule has 7 N–H and O–H groups in total. The van der Waals surface area contributed by atoms with Crippen molar-refractivity contribution in [3.05, 3.63) is 94.1 Å². The lowest BCUT2D eigenvalue weighted by molar-refractivity contribution is -0.138. The number of hydrogen-bond donors (Lipinski definition) is 7. The monoisotopic (exact) mass is 948 g/mol. The number of anilines is 2. The number of carbonyl (C=O) groups is 4. The molecule has 0 radical (unpaired) electrons. The van der Waals surface area contributed by atoms with Gasteiger partial charge >= 0.3 is 18.0 Å². The standard InChI is InChI=1S/C47H64N8O11S/c1-6-65-45(59)41-42(57)40(67-44(41)51-35-12-8-7-9-13-35)29-33-14-15-39(38(56)28-33)66-27-26-64-25-24-63-23-22-62-21-18-48-43(58)34-30-36(52-46(60)49-16-10-19-54(2)3)32-37(31-34)53-47(61)50-17-11-20-55(4)5/h7-9,12-15,28-32,56-57H,6,10-11,16-27H2,1-5H3,(H,48,58)(H2,49,52,60)(H2,50,53,61)/b40-29-,51-44?. The van der Waals surface area contributed by atoms with Gasteiger partial charge < -0.3 is 70.3 Å². The fraction of sp³-hybridized carbons (Fsp3) is 0.426. The number of urea groups is 2. The molecule has 1 heterocycles. The van der Waals surface area contributed by atoms with Crippen LogP contribution in [0.2, 0.25) is 0 Å². The number of esters is 1. The van der Waals surface area contributed by atoms with Gasteiger partial charge in [-0.15, -0.1) is 0 Å². The molecule has 0 spiro atoms. The lowest BCUT2D eigenvalue weighted by Crippen LogP contribution is -2.32. The Bertz CT molecular complexity index is 2120. The number of aliphatic hydroxyl groups is 1. The van der Waals surface area contributed by atoms with E-state index in [-0.39, 0.29) is 68.0 Å². The molecule has 5 amide bonds. The van der Waals surface area contributed by atoms with Gasteiger partial charge in [-0.3, -0.25) is 4.79 Å². The Labute approximate surface area is 396 Å². The first-order valence-corrected chi connectivity index (χ1v) is 22.8. The summed E-state index contributed by atoms with van der Waals surface area (Å²) in [5, 5.41) is 35.8. The average molecular weight is 949 g/mol. The second-order valence-electron chi connectivity index (χ2n) is 15.4. The Hall–Kier alpha value is -6.16. The molecule has 4 rings (SSSR count). The van der Waals surface area contributed by atoms with E-state index in [4.69, 9.17) is 23.7 Å². The first kappa shape index (κ1) is 53.5. The van der Waals surface area contributed by atoms with Gasteiger partial charge in [0.15, 0.2) is 11.5 Å². The molecule has 364 valence electrons. The molecule has 0 aliphatic carbocycles. The lowest BCUT2D eigenvalue weighted by atomic mass is 10.1. The van der Waals surface area contributed by atoms with E-state index in [2.05, 4.69) is 31.6 Å². The van der Waals surface area contributed by atoms with Crippen molar-refractivity contribution < 1.29 is 53.1 Å². The van der Waals surface area contributed by atoms with Gasteiger partial charge in [0.1, 0.15) is 23.0 Å². The van der Waals surface area contributed by atoms with Gasteiger partial charge in [0.05, 0.1) is 56.8 Å². The highest BCUT2D eigenvalue weighted by Gasteiger charge is 2.33. The minimum absolute atomic E-state index is 0.0213. The molecule has 0 aromatic heterocycles. The highest BCUT2D eigenvalue weighted by molar-refractivity contribution is 8.18. The number of ether oxygens (including phenoxy) is 5. The number of hydrogen-bond acceptors (Lipinski definition) is 15. The van der Waals surface area contributed by atoms with E-state index in [9.17, 15) is 29.4 Å². The Morgan fingerprint density at radius 1 is 0.701 bits per heavy atom. The van der Waals surface area contributed by atoms with Crippen molar-refractivity contribution in [2.45, 2.75) is 19.8 Å². The zero-order chi connectivity index (χ0) is 48.4. The molecule has 20 heteroatoms. The highest BCUT2D eigenvalue weighted by atomic mass is 32.2. The van der Waals surface area contributed by atoms with Crippen molar-refractivity contribution >= 4 is 63.9 Å². The Balaban J connectivity index is 1.12. The zero-order valence-electron chi connectivity index (χ0n) is 38.9. The molecular weight excluding hydrogens is 885 g/mol. The van der Waals surface area contributed by atoms with Crippen molar-refractivity contribution in [3.63, 3.8) is 0 Å². The number of para-hydroxylation sites is 1. The zero-order valence-corrected chi connectivity index (χ0v) is 39.7. The van der Waals surface area contributed by atoms with Crippen LogP contribution in [-0.2, 0) is 23.7 Å². The summed E-state index contributed by atoms with van der Waals surface area (Å²) in [4.78, 5) is 59.9. The predicted molar refractivity (Wildman–Crippen MR) is 261 cm³/mol. The first-order valence-electron chi connectivity index (χ1n) is 22.0. The summed E-state index contributed by atoms with van der Waals surface area (Å²) >= 11 is 1.12. The van der Waals surface area contributed by atoms with E-state index >= 15 is 0 Å². The SMILES string of the molecule is CCOC(=O)C1=C(O)/C(=C/c2ccc(OCCOCCOCCOCCNC(=O)c3cc(NC(=O)NCCCN(C)C)cc(NC(=O)NCCCN(C)C)c3)c(O)c2)SC1=Nc1ccccc1. The molecule has 19 nitrogen and oxygen atoms in total. The molecule has 0 saturated heterocycles. The largest absolute Gasteiger partial charge is 0.506 e. The van der Waals surface area contributed by atoms with Gasteiger partial charge in [-0.05, 0) is 115 Å². The molecule has 0 saturated carbocycles. The predicted octanol–water partition coefficient (Wildman–Crippen LogP) is 5.59. The maximum absolute atomic E-state index is 13.1. The summed E-state index contributed by atoms with van der Waals surface area (Å²) in [7, 11) is 7.82. The van der Waals surface area contributed by atoms with E-state index < -0.39 is 23.9 Å². The first-order chi connectivity index (χ1) is 32.3. The summed E-state index contributed by atoms with van der Waals surface area (Å²) in [5.74, 6) is -1.21. The van der Waals surface area contributed by atoms with Crippen molar-refractivity contribution in [1.29, 1.82) is 0 Å². The summed E-state index contributed by atoms with van der Waals surface area (Å²) in [6, 6.07) is 17.6. The number of carbonyl (C=O) groups excluding carboxylic acids is 4. The fourth-order valence-corrected chi connectivity index (χ4v) is 7.08. The highest BCUT2D eigenvalue weighted by Crippen LogP contribution is 2.41. The third kappa shape index (κ3) is 20.1. The van der Waals surface area contributed by atoms with Gasteiger partial charge in [-0.25, -0.2) is 19.4 Å². The molecular formula is C47H64N8O11S. The molecule has 0 atom stereocenters. The van der Waals surface area contributed by atoms with Gasteiger partial charge in [-0.1, -0.05) is 36.0 Å². The van der Waals surface area contributed by atoms with Gasteiger partial charge in [0.2, 0.25) is 0 Å². The van der Waals surface area contributed by atoms with E-state index in [0.717, 1.165) is 37.7 Å². The third-order valence-electron chi connectivity index (χ3n) is 9.25. The van der Waals surface area contributed by atoms with Crippen LogP contribution in [0.5, 0.6) is 11.5 Å². The maximum atomic E-state index is 13.1. The average Bonchev–Trinajstić information content (AvgIpc) is 3.59. The molecule has 1 aliphatic heterocycles. The van der Waals surface area contributed by atoms with E-state index in [1.807, 2.05) is 56.2 Å². The normalized spacial score (nSPS) is 13.6. The smallest absolute Gasteiger partial charge is 0.344 e. The quantitative estimate of drug-likeness (QED) is 0.0348. The van der Waals surface area contributed by atoms with Crippen LogP contribution in [0.1, 0.15) is 35.7 Å². The number of amides is 5. The van der Waals surface area contributed by atoms with Crippen molar-refractivity contribution in [3.8, 4) is 11.5 Å². The second-order valence-corrected chi connectivity index (χ2v) is 16.4. The van der Waals surface area contributed by atoms with Crippen molar-refractivity contribution in [2.24, 2.45) is 4.99 Å². The van der Waals surface area contributed by atoms with E-state index in [1.165, 1.54) is 18.2 Å². The summed E-state index contributed by atoms with van der Waals surface area (Å²) in [6.07, 6.45) is 3.16. The van der Waals surface area contributed by atoms with Crippen LogP contribution in [0.4, 0.5) is 26.7 Å². The van der Waals surface area contributed by atoms with Crippen LogP contribution < -0.4 is 31.3 Å². The van der Waals surface area contributed by atoms with Gasteiger partial charge in [-0.2, -0.15) is 0 Å². The molecule has 3 aromatic carbocycles. The van der Waals surface area contributed by atoms with Crippen LogP contribution in [0, 0.1) is 0 Å². The number of nitrogens with one attached hydrogen (secondary N) is 5. The topological polar surface area (TPSA) is 234 Å². The molecule has 1 aliphatic rings. The van der Waals surface area contributed by atoms with Crippen LogP contribution in [-0.4, -0.2) is 163 Å². The number of phenols is 1. The van der Waals surface area contributed by atoms with E-state index in [0.29, 0.717) is 65.5 Å². The molecule has 0 bridgehead atoms. The maximum Gasteiger partial charge on any atom is 0.344 e. The fourth-order valence-electron chi connectivity index (χ4n) is 6.05. The summed E-state index contributed by atoms with van der Waals surface area (Å²) in [5.41, 5.74) is 2.06.